The highest BCUT2D eigenvalue weighted by Crippen LogP contribution is 2.18. The molecule has 2 heterocycles. The summed E-state index contributed by atoms with van der Waals surface area (Å²) in [5.41, 5.74) is 1.12. The maximum absolute atomic E-state index is 11.4. The Bertz CT molecular complexity index is 734. The lowest BCUT2D eigenvalue weighted by Crippen LogP contribution is -2.42. The van der Waals surface area contributed by atoms with Gasteiger partial charge in [0.2, 0.25) is 0 Å². The number of nitrogens with zero attached hydrogens (tertiary/aromatic N) is 3. The second-order valence-corrected chi connectivity index (χ2v) is 9.84. The molecular formula is C20H36IN5O2S. The lowest BCUT2D eigenvalue weighted by Gasteiger charge is -2.21. The Kier molecular flexibility index (Phi) is 11.9. The van der Waals surface area contributed by atoms with E-state index in [1.54, 1.807) is 0 Å². The first-order valence-corrected chi connectivity index (χ1v) is 12.4. The number of hydrogen-bond acceptors (Lipinski definition) is 5. The van der Waals surface area contributed by atoms with Crippen LogP contribution in [0.4, 0.5) is 5.82 Å². The number of rotatable bonds is 8. The fraction of sp³-hybridized carbons (Fsp3) is 0.700. The van der Waals surface area contributed by atoms with Gasteiger partial charge in [0.25, 0.3) is 0 Å². The predicted octanol–water partition coefficient (Wildman–Crippen LogP) is 2.96. The first-order chi connectivity index (χ1) is 13.4. The summed E-state index contributed by atoms with van der Waals surface area (Å²) in [6.45, 7) is 7.44. The molecule has 1 unspecified atom stereocenters. The molecule has 1 saturated heterocycles. The number of anilines is 1. The Balaban J connectivity index is 0.00000420. The third kappa shape index (κ3) is 10.5. The van der Waals surface area contributed by atoms with Crippen molar-refractivity contribution in [3.05, 3.63) is 23.9 Å². The highest BCUT2D eigenvalue weighted by atomic mass is 127. The summed E-state index contributed by atoms with van der Waals surface area (Å²) in [5, 5.41) is 6.53. The van der Waals surface area contributed by atoms with Crippen LogP contribution >= 0.6 is 24.0 Å². The van der Waals surface area contributed by atoms with Crippen LogP contribution in [0.5, 0.6) is 0 Å². The second-order valence-electron chi connectivity index (χ2n) is 7.58. The molecule has 2 N–H and O–H groups in total. The maximum Gasteiger partial charge on any atom is 0.191 e. The fourth-order valence-corrected chi connectivity index (χ4v) is 4.00. The fourth-order valence-electron chi connectivity index (χ4n) is 3.22. The number of nitrogens with one attached hydrogen (secondary N) is 2. The summed E-state index contributed by atoms with van der Waals surface area (Å²) < 4.78 is 22.7. The minimum absolute atomic E-state index is 0. The van der Waals surface area contributed by atoms with Gasteiger partial charge in [0, 0.05) is 38.1 Å². The van der Waals surface area contributed by atoms with Crippen LogP contribution in [-0.4, -0.2) is 57.0 Å². The lowest BCUT2D eigenvalue weighted by atomic mass is 10.2. The van der Waals surface area contributed by atoms with Crippen molar-refractivity contribution in [3.8, 4) is 0 Å². The molecule has 2 rings (SSSR count). The standard InChI is InChI=1S/C20H35N5O2S.HI/c1-4-21-20(24-17(2)10-14-28(3,26)27)23-16-18-9-11-22-19(15-18)25-12-7-5-6-8-13-25;/h9,11,15,17H,4-8,10,12-14,16H2,1-3H3,(H2,21,23,24);1H. The molecular weight excluding hydrogens is 501 g/mol. The van der Waals surface area contributed by atoms with Crippen LogP contribution in [-0.2, 0) is 16.4 Å². The zero-order valence-electron chi connectivity index (χ0n) is 17.9. The highest BCUT2D eigenvalue weighted by Gasteiger charge is 2.12. The van der Waals surface area contributed by atoms with Crippen molar-refractivity contribution in [2.75, 3.05) is 36.5 Å². The molecule has 7 nitrogen and oxygen atoms in total. The van der Waals surface area contributed by atoms with Crippen molar-refractivity contribution in [3.63, 3.8) is 0 Å². The molecule has 166 valence electrons. The molecule has 0 aliphatic carbocycles. The van der Waals surface area contributed by atoms with E-state index in [0.717, 1.165) is 31.0 Å². The molecule has 0 aromatic carbocycles. The van der Waals surface area contributed by atoms with E-state index in [4.69, 9.17) is 0 Å². The largest absolute Gasteiger partial charge is 0.357 e. The first-order valence-electron chi connectivity index (χ1n) is 10.3. The van der Waals surface area contributed by atoms with Crippen LogP contribution in [0.3, 0.4) is 0 Å². The molecule has 29 heavy (non-hydrogen) atoms. The van der Waals surface area contributed by atoms with Gasteiger partial charge in [-0.3, -0.25) is 0 Å². The second kappa shape index (κ2) is 13.3. The normalized spacial score (nSPS) is 16.5. The van der Waals surface area contributed by atoms with Gasteiger partial charge >= 0.3 is 0 Å². The molecule has 1 aliphatic rings. The third-order valence-electron chi connectivity index (χ3n) is 4.81. The molecule has 0 spiro atoms. The lowest BCUT2D eigenvalue weighted by molar-refractivity contribution is 0.581. The van der Waals surface area contributed by atoms with Gasteiger partial charge in [-0.15, -0.1) is 24.0 Å². The molecule has 1 atom stereocenters. The third-order valence-corrected chi connectivity index (χ3v) is 5.79. The minimum Gasteiger partial charge on any atom is -0.357 e. The Labute approximate surface area is 193 Å². The number of hydrogen-bond donors (Lipinski definition) is 2. The van der Waals surface area contributed by atoms with Crippen LogP contribution in [0.2, 0.25) is 0 Å². The van der Waals surface area contributed by atoms with E-state index in [1.807, 2.05) is 26.1 Å². The Morgan fingerprint density at radius 2 is 1.97 bits per heavy atom. The van der Waals surface area contributed by atoms with Gasteiger partial charge in [-0.2, -0.15) is 0 Å². The average molecular weight is 538 g/mol. The summed E-state index contributed by atoms with van der Waals surface area (Å²) in [7, 11) is -2.95. The maximum atomic E-state index is 11.4. The van der Waals surface area contributed by atoms with Crippen molar-refractivity contribution in [1.29, 1.82) is 0 Å². The van der Waals surface area contributed by atoms with E-state index < -0.39 is 9.84 Å². The highest BCUT2D eigenvalue weighted by molar-refractivity contribution is 14.0. The van der Waals surface area contributed by atoms with E-state index in [9.17, 15) is 8.42 Å². The molecule has 9 heteroatoms. The molecule has 0 radical (unpaired) electrons. The zero-order chi connectivity index (χ0) is 20.4. The van der Waals surface area contributed by atoms with Crippen molar-refractivity contribution in [1.82, 2.24) is 15.6 Å². The summed E-state index contributed by atoms with van der Waals surface area (Å²) in [4.78, 5) is 11.6. The smallest absolute Gasteiger partial charge is 0.191 e. The minimum atomic E-state index is -2.95. The van der Waals surface area contributed by atoms with Crippen molar-refractivity contribution in [2.24, 2.45) is 4.99 Å². The van der Waals surface area contributed by atoms with Gasteiger partial charge in [-0.1, -0.05) is 12.8 Å². The number of aliphatic imine (C=N–C) groups is 1. The molecule has 1 fully saturated rings. The Morgan fingerprint density at radius 1 is 1.28 bits per heavy atom. The van der Waals surface area contributed by atoms with Gasteiger partial charge in [0.1, 0.15) is 15.7 Å². The molecule has 0 amide bonds. The topological polar surface area (TPSA) is 86.7 Å². The van der Waals surface area contributed by atoms with Crippen LogP contribution in [0.25, 0.3) is 0 Å². The number of guanidine groups is 1. The van der Waals surface area contributed by atoms with Gasteiger partial charge in [-0.25, -0.2) is 18.4 Å². The molecule has 1 aromatic heterocycles. The summed E-state index contributed by atoms with van der Waals surface area (Å²) >= 11 is 0. The number of aromatic nitrogens is 1. The Hall–Kier alpha value is -1.10. The average Bonchev–Trinajstić information content (AvgIpc) is 2.94. The van der Waals surface area contributed by atoms with E-state index >= 15 is 0 Å². The van der Waals surface area contributed by atoms with Gasteiger partial charge in [-0.05, 0) is 50.8 Å². The summed E-state index contributed by atoms with van der Waals surface area (Å²) in [5.74, 6) is 1.91. The van der Waals surface area contributed by atoms with E-state index in [-0.39, 0.29) is 35.8 Å². The van der Waals surface area contributed by atoms with Crippen molar-refractivity contribution >= 4 is 45.6 Å². The van der Waals surface area contributed by atoms with Gasteiger partial charge < -0.3 is 15.5 Å². The SMILES string of the molecule is CCNC(=NCc1ccnc(N2CCCCCC2)c1)NC(C)CCS(C)(=O)=O.I. The molecule has 1 aromatic rings. The van der Waals surface area contributed by atoms with Gasteiger partial charge in [0.05, 0.1) is 12.3 Å². The molecule has 0 bridgehead atoms. The van der Waals surface area contributed by atoms with E-state index in [1.165, 1.54) is 31.9 Å². The summed E-state index contributed by atoms with van der Waals surface area (Å²) in [6, 6.07) is 4.16. The number of sulfone groups is 1. The zero-order valence-corrected chi connectivity index (χ0v) is 21.0. The molecule has 0 saturated carbocycles. The number of pyridine rings is 1. The van der Waals surface area contributed by atoms with E-state index in [2.05, 4.69) is 31.6 Å². The van der Waals surface area contributed by atoms with Crippen LogP contribution in [0.1, 0.15) is 51.5 Å². The molecule has 1 aliphatic heterocycles. The van der Waals surface area contributed by atoms with Gasteiger partial charge in [0.15, 0.2) is 5.96 Å². The summed E-state index contributed by atoms with van der Waals surface area (Å²) in [6.07, 6.45) is 8.74. The first kappa shape index (κ1) is 25.9. The van der Waals surface area contributed by atoms with Crippen molar-refractivity contribution < 1.29 is 8.42 Å². The van der Waals surface area contributed by atoms with Crippen LogP contribution in [0, 0.1) is 0 Å². The monoisotopic (exact) mass is 537 g/mol. The van der Waals surface area contributed by atoms with Crippen LogP contribution < -0.4 is 15.5 Å². The van der Waals surface area contributed by atoms with Crippen molar-refractivity contribution in [2.45, 2.75) is 58.5 Å². The van der Waals surface area contributed by atoms with Crippen LogP contribution in [0.15, 0.2) is 23.3 Å². The Morgan fingerprint density at radius 3 is 2.59 bits per heavy atom. The number of halogens is 1. The predicted molar refractivity (Wildman–Crippen MR) is 132 cm³/mol. The van der Waals surface area contributed by atoms with E-state index in [0.29, 0.717) is 18.9 Å². The quantitative estimate of drug-likeness (QED) is 0.301.